The molecule has 0 atom stereocenters. The van der Waals surface area contributed by atoms with E-state index >= 15 is 0 Å². The molecule has 1 heterocycles. The SMILES string of the molecule is Cc1ccccc1-c1c(CN)nnn1-c1ccc(F)cc1. The standard InChI is InChI=1S/C16H15FN4/c1-11-4-2-3-5-14(11)16-15(10-18)19-20-21(16)13-8-6-12(17)7-9-13/h2-9H,10,18H2,1H3. The first-order valence-corrected chi connectivity index (χ1v) is 6.67. The zero-order valence-corrected chi connectivity index (χ0v) is 11.6. The van der Waals surface area contributed by atoms with E-state index in [1.807, 2.05) is 31.2 Å². The van der Waals surface area contributed by atoms with Gasteiger partial charge < -0.3 is 5.73 Å². The van der Waals surface area contributed by atoms with Gasteiger partial charge in [0.25, 0.3) is 0 Å². The molecule has 1 aromatic heterocycles. The Morgan fingerprint density at radius 2 is 1.81 bits per heavy atom. The molecule has 0 spiro atoms. The predicted octanol–water partition coefficient (Wildman–Crippen LogP) is 2.84. The number of rotatable bonds is 3. The molecule has 0 unspecified atom stereocenters. The molecular formula is C16H15FN4. The molecule has 0 bridgehead atoms. The van der Waals surface area contributed by atoms with E-state index in [0.29, 0.717) is 12.2 Å². The highest BCUT2D eigenvalue weighted by atomic mass is 19.1. The van der Waals surface area contributed by atoms with Crippen molar-refractivity contribution in [1.29, 1.82) is 0 Å². The van der Waals surface area contributed by atoms with Gasteiger partial charge in [-0.15, -0.1) is 5.10 Å². The van der Waals surface area contributed by atoms with Crippen LogP contribution in [0.15, 0.2) is 48.5 Å². The second-order valence-electron chi connectivity index (χ2n) is 4.79. The van der Waals surface area contributed by atoms with Gasteiger partial charge in [0.1, 0.15) is 11.5 Å². The first-order chi connectivity index (χ1) is 10.2. The average molecular weight is 282 g/mol. The van der Waals surface area contributed by atoms with E-state index in [4.69, 9.17) is 5.73 Å². The lowest BCUT2D eigenvalue weighted by Crippen LogP contribution is -2.03. The van der Waals surface area contributed by atoms with Crippen LogP contribution in [0.2, 0.25) is 0 Å². The molecule has 0 saturated heterocycles. The lowest BCUT2D eigenvalue weighted by atomic mass is 10.0. The van der Waals surface area contributed by atoms with Gasteiger partial charge in [0, 0.05) is 12.1 Å². The molecule has 0 radical (unpaired) electrons. The van der Waals surface area contributed by atoms with Crippen molar-refractivity contribution in [3.63, 3.8) is 0 Å². The Balaban J connectivity index is 2.22. The number of benzene rings is 2. The maximum atomic E-state index is 13.1. The molecular weight excluding hydrogens is 267 g/mol. The smallest absolute Gasteiger partial charge is 0.123 e. The Morgan fingerprint density at radius 1 is 1.10 bits per heavy atom. The van der Waals surface area contributed by atoms with Crippen LogP contribution in [0.4, 0.5) is 4.39 Å². The number of halogens is 1. The molecule has 0 saturated carbocycles. The third-order valence-electron chi connectivity index (χ3n) is 3.40. The zero-order valence-electron chi connectivity index (χ0n) is 11.6. The Hall–Kier alpha value is -2.53. The fourth-order valence-corrected chi connectivity index (χ4v) is 2.32. The Kier molecular flexibility index (Phi) is 3.50. The van der Waals surface area contributed by atoms with Crippen LogP contribution in [-0.4, -0.2) is 15.0 Å². The van der Waals surface area contributed by atoms with Crippen LogP contribution in [0, 0.1) is 12.7 Å². The average Bonchev–Trinajstić information content (AvgIpc) is 2.92. The number of aryl methyl sites for hydroxylation is 1. The van der Waals surface area contributed by atoms with Gasteiger partial charge in [-0.3, -0.25) is 0 Å². The summed E-state index contributed by atoms with van der Waals surface area (Å²) in [6.45, 7) is 2.32. The van der Waals surface area contributed by atoms with E-state index in [2.05, 4.69) is 10.3 Å². The minimum atomic E-state index is -0.282. The highest BCUT2D eigenvalue weighted by Gasteiger charge is 2.16. The summed E-state index contributed by atoms with van der Waals surface area (Å²) in [6.07, 6.45) is 0. The van der Waals surface area contributed by atoms with Gasteiger partial charge in [-0.05, 0) is 36.8 Å². The number of hydrogen-bond acceptors (Lipinski definition) is 3. The maximum Gasteiger partial charge on any atom is 0.123 e. The van der Waals surface area contributed by atoms with Crippen LogP contribution < -0.4 is 5.73 Å². The van der Waals surface area contributed by atoms with Crippen LogP contribution in [0.3, 0.4) is 0 Å². The van der Waals surface area contributed by atoms with Crippen molar-refractivity contribution >= 4 is 0 Å². The molecule has 106 valence electrons. The summed E-state index contributed by atoms with van der Waals surface area (Å²) in [4.78, 5) is 0. The van der Waals surface area contributed by atoms with Crippen LogP contribution in [-0.2, 0) is 6.54 Å². The molecule has 2 aromatic carbocycles. The lowest BCUT2D eigenvalue weighted by Gasteiger charge is -2.10. The molecule has 3 aromatic rings. The summed E-state index contributed by atoms with van der Waals surface area (Å²) < 4.78 is 14.8. The van der Waals surface area contributed by atoms with Crippen LogP contribution in [0.1, 0.15) is 11.3 Å². The van der Waals surface area contributed by atoms with Gasteiger partial charge in [-0.2, -0.15) is 0 Å². The Labute approximate surface area is 122 Å². The molecule has 2 N–H and O–H groups in total. The van der Waals surface area contributed by atoms with Gasteiger partial charge in [0.05, 0.1) is 11.4 Å². The number of aromatic nitrogens is 3. The highest BCUT2D eigenvalue weighted by Crippen LogP contribution is 2.27. The molecule has 0 aliphatic carbocycles. The van der Waals surface area contributed by atoms with Gasteiger partial charge >= 0.3 is 0 Å². The zero-order chi connectivity index (χ0) is 14.8. The van der Waals surface area contributed by atoms with Crippen LogP contribution >= 0.6 is 0 Å². The largest absolute Gasteiger partial charge is 0.325 e. The van der Waals surface area contributed by atoms with Crippen LogP contribution in [0.5, 0.6) is 0 Å². The minimum absolute atomic E-state index is 0.282. The molecule has 3 rings (SSSR count). The quantitative estimate of drug-likeness (QED) is 0.803. The Bertz CT molecular complexity index is 762. The molecule has 5 heteroatoms. The van der Waals surface area contributed by atoms with Crippen molar-refractivity contribution in [3.05, 3.63) is 65.6 Å². The van der Waals surface area contributed by atoms with Crippen molar-refractivity contribution in [3.8, 4) is 16.9 Å². The second kappa shape index (κ2) is 5.46. The third kappa shape index (κ3) is 2.43. The van der Waals surface area contributed by atoms with Gasteiger partial charge in [0.15, 0.2) is 0 Å². The van der Waals surface area contributed by atoms with Crippen molar-refractivity contribution in [1.82, 2.24) is 15.0 Å². The molecule has 0 amide bonds. The summed E-state index contributed by atoms with van der Waals surface area (Å²) in [6, 6.07) is 14.1. The maximum absolute atomic E-state index is 13.1. The number of nitrogens with two attached hydrogens (primary N) is 1. The molecule has 0 aliphatic heterocycles. The Morgan fingerprint density at radius 3 is 2.48 bits per heavy atom. The summed E-state index contributed by atoms with van der Waals surface area (Å²) in [5.41, 5.74) is 10.2. The topological polar surface area (TPSA) is 56.7 Å². The van der Waals surface area contributed by atoms with E-state index in [-0.39, 0.29) is 5.82 Å². The fourth-order valence-electron chi connectivity index (χ4n) is 2.32. The summed E-state index contributed by atoms with van der Waals surface area (Å²) >= 11 is 0. The molecule has 4 nitrogen and oxygen atoms in total. The first-order valence-electron chi connectivity index (χ1n) is 6.67. The number of nitrogens with zero attached hydrogens (tertiary/aromatic N) is 3. The van der Waals surface area contributed by atoms with Crippen molar-refractivity contribution in [2.24, 2.45) is 5.73 Å². The first kappa shape index (κ1) is 13.5. The van der Waals surface area contributed by atoms with Gasteiger partial charge in [-0.1, -0.05) is 29.5 Å². The summed E-state index contributed by atoms with van der Waals surface area (Å²) in [5.74, 6) is -0.282. The van der Waals surface area contributed by atoms with E-state index in [1.54, 1.807) is 16.8 Å². The van der Waals surface area contributed by atoms with Gasteiger partial charge in [0.2, 0.25) is 0 Å². The van der Waals surface area contributed by atoms with Crippen LogP contribution in [0.25, 0.3) is 16.9 Å². The van der Waals surface area contributed by atoms with E-state index in [1.165, 1.54) is 12.1 Å². The molecule has 0 aliphatic rings. The van der Waals surface area contributed by atoms with E-state index < -0.39 is 0 Å². The van der Waals surface area contributed by atoms with Crippen molar-refractivity contribution in [2.75, 3.05) is 0 Å². The summed E-state index contributed by atoms with van der Waals surface area (Å²) in [5, 5.41) is 8.31. The normalized spacial score (nSPS) is 10.8. The monoisotopic (exact) mass is 282 g/mol. The predicted molar refractivity (Wildman–Crippen MR) is 79.4 cm³/mol. The lowest BCUT2D eigenvalue weighted by molar-refractivity contribution is 0.627. The van der Waals surface area contributed by atoms with Gasteiger partial charge in [-0.25, -0.2) is 9.07 Å². The molecule has 21 heavy (non-hydrogen) atoms. The highest BCUT2D eigenvalue weighted by molar-refractivity contribution is 5.67. The van der Waals surface area contributed by atoms with Crippen molar-refractivity contribution in [2.45, 2.75) is 13.5 Å². The van der Waals surface area contributed by atoms with E-state index in [9.17, 15) is 4.39 Å². The minimum Gasteiger partial charge on any atom is -0.325 e. The fraction of sp³-hybridized carbons (Fsp3) is 0.125. The summed E-state index contributed by atoms with van der Waals surface area (Å²) in [7, 11) is 0. The van der Waals surface area contributed by atoms with Crippen molar-refractivity contribution < 1.29 is 4.39 Å². The van der Waals surface area contributed by atoms with E-state index in [0.717, 1.165) is 22.5 Å². The number of hydrogen-bond donors (Lipinski definition) is 1. The molecule has 0 fully saturated rings. The third-order valence-corrected chi connectivity index (χ3v) is 3.40. The second-order valence-corrected chi connectivity index (χ2v) is 4.79.